The van der Waals surface area contributed by atoms with Crippen molar-refractivity contribution in [3.05, 3.63) is 58.9 Å². The number of pyridine rings is 1. The number of aromatic nitrogens is 5. The molecule has 0 bridgehead atoms. The van der Waals surface area contributed by atoms with E-state index in [-0.39, 0.29) is 0 Å². The number of hydrogen-bond donors (Lipinski definition) is 1. The number of fused-ring (bicyclic) bond motifs is 3. The SMILES string of the molecule is Cc1nc2c(c(N3CCOc4ccc(-c5cnc6nc(C)[nH]c6c5)cc4C3)n1)CC(C)CC2. The number of benzene rings is 1. The molecule has 0 fully saturated rings. The van der Waals surface area contributed by atoms with E-state index in [1.54, 1.807) is 0 Å². The number of ether oxygens (including phenoxy) is 1. The third kappa shape index (κ3) is 3.71. The van der Waals surface area contributed by atoms with Gasteiger partial charge in [-0.25, -0.2) is 19.9 Å². The van der Waals surface area contributed by atoms with Crippen LogP contribution in [0.15, 0.2) is 30.5 Å². The second-order valence-electron chi connectivity index (χ2n) is 9.38. The number of nitrogens with zero attached hydrogens (tertiary/aromatic N) is 5. The summed E-state index contributed by atoms with van der Waals surface area (Å²) in [4.78, 5) is 24.3. The molecule has 4 aromatic rings. The van der Waals surface area contributed by atoms with Crippen molar-refractivity contribution in [1.82, 2.24) is 24.9 Å². The molecule has 0 amide bonds. The standard InChI is InChI=1S/C26H28N6O/c1-15-4-6-22-21(10-15)26(31-17(3)28-22)32-8-9-33-24-7-5-18(11-20(24)14-32)19-12-23-25(27-13-19)30-16(2)29-23/h5,7,11-13,15H,4,6,8-10,14H2,1-3H3,(H,27,29,30). The highest BCUT2D eigenvalue weighted by Crippen LogP contribution is 2.35. The van der Waals surface area contributed by atoms with Crippen molar-refractivity contribution < 1.29 is 4.74 Å². The van der Waals surface area contributed by atoms with E-state index >= 15 is 0 Å². The van der Waals surface area contributed by atoms with E-state index in [4.69, 9.17) is 14.7 Å². The number of aryl methyl sites for hydroxylation is 3. The largest absolute Gasteiger partial charge is 0.491 e. The molecular formula is C26H28N6O. The minimum absolute atomic E-state index is 0.640. The van der Waals surface area contributed by atoms with Gasteiger partial charge in [-0.05, 0) is 62.8 Å². The zero-order valence-corrected chi connectivity index (χ0v) is 19.4. The average molecular weight is 441 g/mol. The van der Waals surface area contributed by atoms with Gasteiger partial charge in [0, 0.05) is 35.1 Å². The van der Waals surface area contributed by atoms with Gasteiger partial charge in [0.1, 0.15) is 29.8 Å². The maximum Gasteiger partial charge on any atom is 0.177 e. The van der Waals surface area contributed by atoms with Crippen LogP contribution in [-0.4, -0.2) is 38.1 Å². The molecule has 1 unspecified atom stereocenters. The lowest BCUT2D eigenvalue weighted by molar-refractivity contribution is 0.331. The van der Waals surface area contributed by atoms with Crippen molar-refractivity contribution in [2.75, 3.05) is 18.1 Å². The number of H-pyrrole nitrogens is 1. The van der Waals surface area contributed by atoms with E-state index in [1.807, 2.05) is 20.0 Å². The van der Waals surface area contributed by atoms with Gasteiger partial charge in [-0.15, -0.1) is 0 Å². The second-order valence-corrected chi connectivity index (χ2v) is 9.38. The van der Waals surface area contributed by atoms with Crippen molar-refractivity contribution in [2.45, 2.75) is 46.6 Å². The molecule has 168 valence electrons. The van der Waals surface area contributed by atoms with Crippen LogP contribution < -0.4 is 9.64 Å². The molecule has 33 heavy (non-hydrogen) atoms. The van der Waals surface area contributed by atoms with E-state index in [0.717, 1.165) is 71.4 Å². The van der Waals surface area contributed by atoms with E-state index < -0.39 is 0 Å². The van der Waals surface area contributed by atoms with Crippen molar-refractivity contribution >= 4 is 17.0 Å². The molecule has 7 nitrogen and oxygen atoms in total. The topological polar surface area (TPSA) is 79.8 Å². The minimum atomic E-state index is 0.640. The van der Waals surface area contributed by atoms with Crippen molar-refractivity contribution in [1.29, 1.82) is 0 Å². The summed E-state index contributed by atoms with van der Waals surface area (Å²) >= 11 is 0. The predicted molar refractivity (Wildman–Crippen MR) is 129 cm³/mol. The number of anilines is 1. The van der Waals surface area contributed by atoms with Gasteiger partial charge in [0.15, 0.2) is 5.65 Å². The van der Waals surface area contributed by atoms with Crippen molar-refractivity contribution in [2.24, 2.45) is 5.92 Å². The van der Waals surface area contributed by atoms with Crippen LogP contribution in [0.25, 0.3) is 22.3 Å². The summed E-state index contributed by atoms with van der Waals surface area (Å²) in [5.74, 6) is 4.42. The summed E-state index contributed by atoms with van der Waals surface area (Å²) in [5.41, 5.74) is 7.60. The first-order chi connectivity index (χ1) is 16.0. The van der Waals surface area contributed by atoms with Crippen LogP contribution in [-0.2, 0) is 19.4 Å². The van der Waals surface area contributed by atoms with Crippen LogP contribution in [0.3, 0.4) is 0 Å². The summed E-state index contributed by atoms with van der Waals surface area (Å²) in [6, 6.07) is 8.53. The molecule has 2 aliphatic rings. The molecule has 1 aliphatic carbocycles. The molecule has 0 saturated heterocycles. The highest BCUT2D eigenvalue weighted by atomic mass is 16.5. The number of nitrogens with one attached hydrogen (secondary N) is 1. The molecule has 0 saturated carbocycles. The molecule has 1 atom stereocenters. The Labute approximate surface area is 193 Å². The Kier molecular flexibility index (Phi) is 4.78. The highest BCUT2D eigenvalue weighted by molar-refractivity contribution is 5.78. The quantitative estimate of drug-likeness (QED) is 0.492. The Morgan fingerprint density at radius 3 is 2.91 bits per heavy atom. The van der Waals surface area contributed by atoms with Crippen LogP contribution in [0.1, 0.15) is 41.8 Å². The normalized spacial score (nSPS) is 17.9. The molecule has 3 aromatic heterocycles. The summed E-state index contributed by atoms with van der Waals surface area (Å²) in [7, 11) is 0. The summed E-state index contributed by atoms with van der Waals surface area (Å²) in [6.45, 7) is 8.49. The average Bonchev–Trinajstić information content (AvgIpc) is 3.04. The van der Waals surface area contributed by atoms with Crippen molar-refractivity contribution in [3.63, 3.8) is 0 Å². The van der Waals surface area contributed by atoms with Gasteiger partial charge in [-0.1, -0.05) is 13.0 Å². The Bertz CT molecular complexity index is 1360. The third-order valence-electron chi connectivity index (χ3n) is 6.74. The lowest BCUT2D eigenvalue weighted by Gasteiger charge is -2.29. The number of imidazole rings is 1. The Balaban J connectivity index is 1.37. The van der Waals surface area contributed by atoms with Gasteiger partial charge in [-0.2, -0.15) is 0 Å². The van der Waals surface area contributed by atoms with Gasteiger partial charge >= 0.3 is 0 Å². The van der Waals surface area contributed by atoms with E-state index in [0.29, 0.717) is 12.5 Å². The summed E-state index contributed by atoms with van der Waals surface area (Å²) < 4.78 is 6.14. The fourth-order valence-corrected chi connectivity index (χ4v) is 5.08. The molecule has 1 N–H and O–H groups in total. The monoisotopic (exact) mass is 440 g/mol. The second kappa shape index (κ2) is 7.83. The molecule has 4 heterocycles. The Morgan fingerprint density at radius 2 is 2.00 bits per heavy atom. The molecule has 0 radical (unpaired) electrons. The minimum Gasteiger partial charge on any atom is -0.491 e. The van der Waals surface area contributed by atoms with E-state index in [1.165, 1.54) is 23.2 Å². The van der Waals surface area contributed by atoms with E-state index in [9.17, 15) is 0 Å². The first kappa shape index (κ1) is 20.1. The molecule has 1 aromatic carbocycles. The first-order valence-electron chi connectivity index (χ1n) is 11.7. The van der Waals surface area contributed by atoms with Crippen molar-refractivity contribution in [3.8, 4) is 16.9 Å². The van der Waals surface area contributed by atoms with Crippen LogP contribution in [0.4, 0.5) is 5.82 Å². The lowest BCUT2D eigenvalue weighted by atomic mass is 9.88. The zero-order chi connectivity index (χ0) is 22.5. The molecular weight excluding hydrogens is 412 g/mol. The summed E-state index contributed by atoms with van der Waals surface area (Å²) in [6.07, 6.45) is 5.18. The molecule has 7 heteroatoms. The Hall–Kier alpha value is -3.48. The maximum absolute atomic E-state index is 6.14. The predicted octanol–water partition coefficient (Wildman–Crippen LogP) is 4.56. The first-order valence-corrected chi connectivity index (χ1v) is 11.7. The van der Waals surface area contributed by atoms with Gasteiger partial charge < -0.3 is 14.6 Å². The number of rotatable bonds is 2. The van der Waals surface area contributed by atoms with Gasteiger partial charge in [0.2, 0.25) is 0 Å². The molecule has 1 aliphatic heterocycles. The fourth-order valence-electron chi connectivity index (χ4n) is 5.08. The van der Waals surface area contributed by atoms with Crippen LogP contribution in [0.5, 0.6) is 5.75 Å². The number of aromatic amines is 1. The zero-order valence-electron chi connectivity index (χ0n) is 19.4. The van der Waals surface area contributed by atoms with Crippen LogP contribution >= 0.6 is 0 Å². The Morgan fingerprint density at radius 1 is 1.09 bits per heavy atom. The highest BCUT2D eigenvalue weighted by Gasteiger charge is 2.26. The van der Waals surface area contributed by atoms with Gasteiger partial charge in [-0.3, -0.25) is 0 Å². The van der Waals surface area contributed by atoms with Gasteiger partial charge in [0.25, 0.3) is 0 Å². The van der Waals surface area contributed by atoms with Crippen LogP contribution in [0.2, 0.25) is 0 Å². The third-order valence-corrected chi connectivity index (χ3v) is 6.74. The number of hydrogen-bond acceptors (Lipinski definition) is 6. The summed E-state index contributed by atoms with van der Waals surface area (Å²) in [5, 5.41) is 0. The van der Waals surface area contributed by atoms with E-state index in [2.05, 4.69) is 51.0 Å². The molecule has 0 spiro atoms. The van der Waals surface area contributed by atoms with Crippen LogP contribution in [0, 0.1) is 19.8 Å². The molecule has 6 rings (SSSR count). The lowest BCUT2D eigenvalue weighted by Crippen LogP contribution is -2.29. The van der Waals surface area contributed by atoms with Gasteiger partial charge in [0.05, 0.1) is 12.1 Å². The smallest absolute Gasteiger partial charge is 0.177 e. The maximum atomic E-state index is 6.14. The fraction of sp³-hybridized carbons (Fsp3) is 0.385.